The van der Waals surface area contributed by atoms with Crippen LogP contribution >= 0.6 is 0 Å². The zero-order chi connectivity index (χ0) is 8.74. The summed E-state index contributed by atoms with van der Waals surface area (Å²) in [5.41, 5.74) is 0.453. The van der Waals surface area contributed by atoms with E-state index < -0.39 is 0 Å². The topological polar surface area (TPSA) is 24.1 Å². The summed E-state index contributed by atoms with van der Waals surface area (Å²) in [5, 5.41) is 6.76. The van der Waals surface area contributed by atoms with Gasteiger partial charge in [-0.2, -0.15) is 0 Å². The maximum atomic E-state index is 3.48. The van der Waals surface area contributed by atoms with Crippen LogP contribution in [0.25, 0.3) is 0 Å². The van der Waals surface area contributed by atoms with Crippen molar-refractivity contribution in [3.05, 3.63) is 0 Å². The van der Waals surface area contributed by atoms with Crippen molar-refractivity contribution in [2.75, 3.05) is 19.6 Å². The second kappa shape index (κ2) is 5.56. The van der Waals surface area contributed by atoms with Gasteiger partial charge in [-0.05, 0) is 13.0 Å². The predicted octanol–water partition coefficient (Wildman–Crippen LogP) is 1.37. The third-order valence-corrected chi connectivity index (χ3v) is 2.16. The van der Waals surface area contributed by atoms with Crippen molar-refractivity contribution in [3.63, 3.8) is 0 Å². The van der Waals surface area contributed by atoms with Gasteiger partial charge in [-0.25, -0.2) is 0 Å². The van der Waals surface area contributed by atoms with E-state index in [0.29, 0.717) is 5.54 Å². The van der Waals surface area contributed by atoms with Crippen molar-refractivity contribution in [1.29, 1.82) is 0 Å². The standard InChI is InChI=1S/C7H16N2.C2H6/c1-3-7(9-4-2)5-8-6-7;1-2/h8-9H,3-6H2,1-2H3;1-2H3. The second-order valence-electron chi connectivity index (χ2n) is 2.77. The van der Waals surface area contributed by atoms with Crippen molar-refractivity contribution < 1.29 is 0 Å². The van der Waals surface area contributed by atoms with Gasteiger partial charge in [0.25, 0.3) is 0 Å². The van der Waals surface area contributed by atoms with E-state index in [2.05, 4.69) is 24.5 Å². The molecule has 0 atom stereocenters. The Morgan fingerprint density at radius 2 is 1.82 bits per heavy atom. The Morgan fingerprint density at radius 1 is 1.27 bits per heavy atom. The van der Waals surface area contributed by atoms with Crippen molar-refractivity contribution >= 4 is 0 Å². The molecule has 0 bridgehead atoms. The lowest BCUT2D eigenvalue weighted by Crippen LogP contribution is -2.67. The molecule has 1 aliphatic heterocycles. The zero-order valence-electron chi connectivity index (χ0n) is 8.33. The van der Waals surface area contributed by atoms with Crippen LogP contribution in [-0.2, 0) is 0 Å². The first-order chi connectivity index (χ1) is 5.33. The van der Waals surface area contributed by atoms with E-state index >= 15 is 0 Å². The summed E-state index contributed by atoms with van der Waals surface area (Å²) >= 11 is 0. The van der Waals surface area contributed by atoms with Gasteiger partial charge >= 0.3 is 0 Å². The summed E-state index contributed by atoms with van der Waals surface area (Å²) < 4.78 is 0. The Hall–Kier alpha value is -0.0800. The lowest BCUT2D eigenvalue weighted by molar-refractivity contribution is 0.211. The molecule has 1 fully saturated rings. The monoisotopic (exact) mass is 158 g/mol. The van der Waals surface area contributed by atoms with Gasteiger partial charge in [-0.3, -0.25) is 0 Å². The third kappa shape index (κ3) is 2.80. The smallest absolute Gasteiger partial charge is 0.0429 e. The largest absolute Gasteiger partial charge is 0.313 e. The minimum Gasteiger partial charge on any atom is -0.313 e. The lowest BCUT2D eigenvalue weighted by atomic mass is 9.89. The third-order valence-electron chi connectivity index (χ3n) is 2.16. The van der Waals surface area contributed by atoms with Crippen LogP contribution in [-0.4, -0.2) is 25.2 Å². The van der Waals surface area contributed by atoms with E-state index in [1.807, 2.05) is 13.8 Å². The Morgan fingerprint density at radius 3 is 1.91 bits per heavy atom. The van der Waals surface area contributed by atoms with Gasteiger partial charge in [0.2, 0.25) is 0 Å². The summed E-state index contributed by atoms with van der Waals surface area (Å²) in [4.78, 5) is 0. The van der Waals surface area contributed by atoms with Crippen LogP contribution in [0.15, 0.2) is 0 Å². The molecule has 1 saturated heterocycles. The van der Waals surface area contributed by atoms with E-state index in [0.717, 1.165) is 19.6 Å². The van der Waals surface area contributed by atoms with Crippen LogP contribution in [0.5, 0.6) is 0 Å². The maximum absolute atomic E-state index is 3.48. The quantitative estimate of drug-likeness (QED) is 0.648. The number of hydrogen-bond donors (Lipinski definition) is 2. The molecule has 0 unspecified atom stereocenters. The molecule has 0 aromatic heterocycles. The molecule has 0 aromatic rings. The molecule has 2 heteroatoms. The zero-order valence-corrected chi connectivity index (χ0v) is 8.33. The number of rotatable bonds is 3. The highest BCUT2D eigenvalue weighted by Gasteiger charge is 2.33. The Kier molecular flexibility index (Phi) is 5.51. The van der Waals surface area contributed by atoms with E-state index in [1.165, 1.54) is 6.42 Å². The highest BCUT2D eigenvalue weighted by Crippen LogP contribution is 2.14. The van der Waals surface area contributed by atoms with Gasteiger partial charge in [0, 0.05) is 18.6 Å². The van der Waals surface area contributed by atoms with Gasteiger partial charge in [-0.15, -0.1) is 0 Å². The predicted molar refractivity (Wildman–Crippen MR) is 50.9 cm³/mol. The fourth-order valence-corrected chi connectivity index (χ4v) is 1.30. The molecule has 11 heavy (non-hydrogen) atoms. The summed E-state index contributed by atoms with van der Waals surface area (Å²) in [6.45, 7) is 11.8. The van der Waals surface area contributed by atoms with Crippen molar-refractivity contribution in [2.45, 2.75) is 39.7 Å². The van der Waals surface area contributed by atoms with Crippen molar-refractivity contribution in [1.82, 2.24) is 10.6 Å². The molecule has 0 aliphatic carbocycles. The van der Waals surface area contributed by atoms with Crippen LogP contribution < -0.4 is 10.6 Å². The van der Waals surface area contributed by atoms with Gasteiger partial charge in [0.1, 0.15) is 0 Å². The van der Waals surface area contributed by atoms with Crippen LogP contribution in [0.3, 0.4) is 0 Å². The van der Waals surface area contributed by atoms with Gasteiger partial charge in [0.05, 0.1) is 0 Å². The van der Waals surface area contributed by atoms with Crippen molar-refractivity contribution in [3.8, 4) is 0 Å². The fourth-order valence-electron chi connectivity index (χ4n) is 1.30. The van der Waals surface area contributed by atoms with E-state index in [9.17, 15) is 0 Å². The molecule has 2 nitrogen and oxygen atoms in total. The summed E-state index contributed by atoms with van der Waals surface area (Å²) in [6.07, 6.45) is 1.24. The fraction of sp³-hybridized carbons (Fsp3) is 1.00. The molecule has 1 aliphatic rings. The summed E-state index contributed by atoms with van der Waals surface area (Å²) in [7, 11) is 0. The van der Waals surface area contributed by atoms with Gasteiger partial charge in [-0.1, -0.05) is 27.7 Å². The van der Waals surface area contributed by atoms with Crippen LogP contribution in [0.1, 0.15) is 34.1 Å². The lowest BCUT2D eigenvalue weighted by Gasteiger charge is -2.42. The van der Waals surface area contributed by atoms with Gasteiger partial charge < -0.3 is 10.6 Å². The molecule has 0 spiro atoms. The highest BCUT2D eigenvalue weighted by atomic mass is 15.1. The first-order valence-corrected chi connectivity index (χ1v) is 4.79. The minimum absolute atomic E-state index is 0.453. The van der Waals surface area contributed by atoms with E-state index in [4.69, 9.17) is 0 Å². The SMILES string of the molecule is CC.CCNC1(CC)CNC1. The van der Waals surface area contributed by atoms with Crippen LogP contribution in [0.4, 0.5) is 0 Å². The molecule has 2 N–H and O–H groups in total. The number of hydrogen-bond acceptors (Lipinski definition) is 2. The first-order valence-electron chi connectivity index (χ1n) is 4.79. The van der Waals surface area contributed by atoms with Gasteiger partial charge in [0.15, 0.2) is 0 Å². The average Bonchev–Trinajstić information content (AvgIpc) is 2.01. The van der Waals surface area contributed by atoms with Crippen molar-refractivity contribution in [2.24, 2.45) is 0 Å². The number of nitrogens with one attached hydrogen (secondary N) is 2. The summed E-state index contributed by atoms with van der Waals surface area (Å²) in [6, 6.07) is 0. The minimum atomic E-state index is 0.453. The first kappa shape index (κ1) is 10.9. The molecule has 0 radical (unpaired) electrons. The van der Waals surface area contributed by atoms with Crippen LogP contribution in [0.2, 0.25) is 0 Å². The summed E-state index contributed by atoms with van der Waals surface area (Å²) in [5.74, 6) is 0. The van der Waals surface area contributed by atoms with E-state index in [-0.39, 0.29) is 0 Å². The van der Waals surface area contributed by atoms with E-state index in [1.54, 1.807) is 0 Å². The molecule has 0 saturated carbocycles. The second-order valence-corrected chi connectivity index (χ2v) is 2.77. The molecule has 1 heterocycles. The number of likely N-dealkylation sites (N-methyl/N-ethyl adjacent to an activating group) is 1. The normalized spacial score (nSPS) is 19.6. The molecule has 1 rings (SSSR count). The Bertz CT molecular complexity index is 82.1. The molecular weight excluding hydrogens is 136 g/mol. The molecular formula is C9H22N2. The van der Waals surface area contributed by atoms with Crippen LogP contribution in [0, 0.1) is 0 Å². The Labute approximate surface area is 70.8 Å². The molecule has 0 amide bonds. The molecule has 0 aromatic carbocycles. The maximum Gasteiger partial charge on any atom is 0.0429 e. The highest BCUT2D eigenvalue weighted by molar-refractivity contribution is 4.98. The average molecular weight is 158 g/mol. The molecule has 68 valence electrons. The Balaban J connectivity index is 0.000000461.